The zero-order chi connectivity index (χ0) is 11.9. The Morgan fingerprint density at radius 2 is 2.53 bits per heavy atom. The van der Waals surface area contributed by atoms with Crippen LogP contribution in [0.3, 0.4) is 0 Å². The minimum absolute atomic E-state index is 0.0461. The Labute approximate surface area is 106 Å². The number of piperidine rings is 1. The van der Waals surface area contributed by atoms with Gasteiger partial charge in [0.25, 0.3) is 0 Å². The van der Waals surface area contributed by atoms with E-state index in [-0.39, 0.29) is 5.97 Å². The van der Waals surface area contributed by atoms with Gasteiger partial charge in [0.1, 0.15) is 0 Å². The summed E-state index contributed by atoms with van der Waals surface area (Å²) in [5.74, 6) is 0.424. The van der Waals surface area contributed by atoms with Crippen molar-refractivity contribution in [3.63, 3.8) is 0 Å². The van der Waals surface area contributed by atoms with E-state index in [4.69, 9.17) is 4.74 Å². The first-order chi connectivity index (χ1) is 8.34. The Bertz CT molecular complexity index is 331. The Morgan fingerprint density at radius 1 is 1.59 bits per heavy atom. The smallest absolute Gasteiger partial charge is 0.306 e. The first kappa shape index (κ1) is 12.6. The lowest BCUT2D eigenvalue weighted by Crippen LogP contribution is -2.31. The molecule has 94 valence electrons. The average molecular weight is 253 g/mol. The van der Waals surface area contributed by atoms with Gasteiger partial charge in [0, 0.05) is 17.7 Å². The maximum absolute atomic E-state index is 11.6. The molecule has 0 amide bonds. The number of hydrogen-bond donors (Lipinski definition) is 1. The second-order valence-electron chi connectivity index (χ2n) is 4.47. The zero-order valence-corrected chi connectivity index (χ0v) is 10.8. The number of carbonyl (C=O) groups excluding carboxylic acids is 1. The van der Waals surface area contributed by atoms with Crippen LogP contribution in [-0.2, 0) is 16.0 Å². The van der Waals surface area contributed by atoms with Crippen molar-refractivity contribution >= 4 is 17.3 Å². The summed E-state index contributed by atoms with van der Waals surface area (Å²) in [6, 6.07) is 4.10. The summed E-state index contributed by atoms with van der Waals surface area (Å²) in [4.78, 5) is 12.9. The van der Waals surface area contributed by atoms with Crippen molar-refractivity contribution in [1.82, 2.24) is 5.32 Å². The zero-order valence-electron chi connectivity index (χ0n) is 9.98. The Hall–Kier alpha value is -0.870. The number of esters is 1. The van der Waals surface area contributed by atoms with Gasteiger partial charge in [0.05, 0.1) is 6.61 Å². The average Bonchev–Trinajstić information content (AvgIpc) is 2.83. The summed E-state index contributed by atoms with van der Waals surface area (Å²) in [7, 11) is 0. The van der Waals surface area contributed by atoms with Crippen LogP contribution in [0, 0.1) is 5.92 Å². The highest BCUT2D eigenvalue weighted by atomic mass is 32.1. The molecule has 0 aliphatic carbocycles. The number of nitrogens with one attached hydrogen (secondary N) is 1. The third-order valence-electron chi connectivity index (χ3n) is 3.05. The molecule has 17 heavy (non-hydrogen) atoms. The molecule has 0 radical (unpaired) electrons. The van der Waals surface area contributed by atoms with E-state index in [1.807, 2.05) is 11.4 Å². The van der Waals surface area contributed by atoms with Gasteiger partial charge in [-0.15, -0.1) is 11.3 Å². The molecule has 1 saturated heterocycles. The number of hydrogen-bond acceptors (Lipinski definition) is 4. The molecule has 0 saturated carbocycles. The van der Waals surface area contributed by atoms with Gasteiger partial charge in [-0.3, -0.25) is 4.79 Å². The van der Waals surface area contributed by atoms with E-state index >= 15 is 0 Å². The lowest BCUT2D eigenvalue weighted by molar-refractivity contribution is -0.144. The second-order valence-corrected chi connectivity index (χ2v) is 5.50. The summed E-state index contributed by atoms with van der Waals surface area (Å²) in [6.07, 6.45) is 3.73. The predicted octanol–water partition coefficient (Wildman–Crippen LogP) is 2.22. The minimum Gasteiger partial charge on any atom is -0.465 e. The first-order valence-corrected chi connectivity index (χ1v) is 7.11. The summed E-state index contributed by atoms with van der Waals surface area (Å²) < 4.78 is 5.26. The van der Waals surface area contributed by atoms with Crippen molar-refractivity contribution in [2.24, 2.45) is 5.92 Å². The fourth-order valence-electron chi connectivity index (χ4n) is 2.11. The maximum atomic E-state index is 11.6. The topological polar surface area (TPSA) is 38.3 Å². The van der Waals surface area contributed by atoms with Gasteiger partial charge < -0.3 is 10.1 Å². The molecule has 0 aromatic carbocycles. The Morgan fingerprint density at radius 3 is 3.24 bits per heavy atom. The highest BCUT2D eigenvalue weighted by Gasteiger charge is 2.17. The van der Waals surface area contributed by atoms with Crippen molar-refractivity contribution in [3.05, 3.63) is 22.4 Å². The molecule has 3 nitrogen and oxygen atoms in total. The molecule has 1 aromatic heterocycles. The standard InChI is InChI=1S/C13H19NO2S/c15-13(9-11-3-1-6-14-10-11)16-7-5-12-4-2-8-17-12/h2,4,8,11,14H,1,3,5-7,9-10H2. The second kappa shape index (κ2) is 6.77. The molecule has 0 spiro atoms. The monoisotopic (exact) mass is 253 g/mol. The lowest BCUT2D eigenvalue weighted by atomic mass is 9.96. The maximum Gasteiger partial charge on any atom is 0.306 e. The molecule has 1 aliphatic rings. The van der Waals surface area contributed by atoms with Crippen LogP contribution in [0.2, 0.25) is 0 Å². The van der Waals surface area contributed by atoms with Gasteiger partial charge in [0.2, 0.25) is 0 Å². The number of ether oxygens (including phenoxy) is 1. The normalized spacial score (nSPS) is 20.1. The van der Waals surface area contributed by atoms with Crippen LogP contribution in [0.5, 0.6) is 0 Å². The van der Waals surface area contributed by atoms with Crippen LogP contribution in [0.1, 0.15) is 24.1 Å². The van der Waals surface area contributed by atoms with Crippen molar-refractivity contribution < 1.29 is 9.53 Å². The van der Waals surface area contributed by atoms with E-state index in [1.165, 1.54) is 11.3 Å². The van der Waals surface area contributed by atoms with Crippen LogP contribution < -0.4 is 5.32 Å². The molecule has 0 bridgehead atoms. The van der Waals surface area contributed by atoms with Crippen LogP contribution in [0.15, 0.2) is 17.5 Å². The van der Waals surface area contributed by atoms with E-state index in [9.17, 15) is 4.79 Å². The van der Waals surface area contributed by atoms with Gasteiger partial charge in [-0.25, -0.2) is 0 Å². The molecule has 1 aromatic rings. The Balaban J connectivity index is 1.60. The highest BCUT2D eigenvalue weighted by molar-refractivity contribution is 7.09. The van der Waals surface area contributed by atoms with Crippen LogP contribution in [-0.4, -0.2) is 25.7 Å². The molecule has 1 aliphatic heterocycles. The van der Waals surface area contributed by atoms with Crippen molar-refractivity contribution in [2.45, 2.75) is 25.7 Å². The number of carbonyl (C=O) groups is 1. The SMILES string of the molecule is O=C(CC1CCCNC1)OCCc1cccs1. The fourth-order valence-corrected chi connectivity index (χ4v) is 2.80. The lowest BCUT2D eigenvalue weighted by Gasteiger charge is -2.21. The molecular weight excluding hydrogens is 234 g/mol. The van der Waals surface area contributed by atoms with E-state index in [1.54, 1.807) is 11.3 Å². The first-order valence-electron chi connectivity index (χ1n) is 6.23. The molecule has 2 rings (SSSR count). The molecule has 1 N–H and O–H groups in total. The van der Waals surface area contributed by atoms with Crippen LogP contribution >= 0.6 is 11.3 Å². The largest absolute Gasteiger partial charge is 0.465 e. The summed E-state index contributed by atoms with van der Waals surface area (Å²) >= 11 is 1.71. The molecular formula is C13H19NO2S. The van der Waals surface area contributed by atoms with Crippen LogP contribution in [0.25, 0.3) is 0 Å². The molecule has 4 heteroatoms. The van der Waals surface area contributed by atoms with Gasteiger partial charge >= 0.3 is 5.97 Å². The van der Waals surface area contributed by atoms with E-state index in [2.05, 4.69) is 11.4 Å². The van der Waals surface area contributed by atoms with E-state index in [0.717, 1.165) is 25.9 Å². The third-order valence-corrected chi connectivity index (χ3v) is 3.98. The summed E-state index contributed by atoms with van der Waals surface area (Å²) in [5, 5.41) is 5.36. The minimum atomic E-state index is -0.0461. The Kier molecular flexibility index (Phi) is 5.01. The van der Waals surface area contributed by atoms with E-state index in [0.29, 0.717) is 18.9 Å². The molecule has 1 atom stereocenters. The number of thiophene rings is 1. The van der Waals surface area contributed by atoms with E-state index < -0.39 is 0 Å². The van der Waals surface area contributed by atoms with Crippen molar-refractivity contribution in [2.75, 3.05) is 19.7 Å². The highest BCUT2D eigenvalue weighted by Crippen LogP contribution is 2.15. The van der Waals surface area contributed by atoms with Gasteiger partial charge in [-0.05, 0) is 43.3 Å². The van der Waals surface area contributed by atoms with Crippen LogP contribution in [0.4, 0.5) is 0 Å². The van der Waals surface area contributed by atoms with Crippen molar-refractivity contribution in [1.29, 1.82) is 0 Å². The quantitative estimate of drug-likeness (QED) is 0.818. The molecule has 1 fully saturated rings. The molecule has 1 unspecified atom stereocenters. The van der Waals surface area contributed by atoms with Gasteiger partial charge in [-0.1, -0.05) is 6.07 Å². The third kappa shape index (κ3) is 4.48. The predicted molar refractivity (Wildman–Crippen MR) is 69.2 cm³/mol. The van der Waals surface area contributed by atoms with Gasteiger partial charge in [-0.2, -0.15) is 0 Å². The summed E-state index contributed by atoms with van der Waals surface area (Å²) in [6.45, 7) is 2.56. The molecule has 2 heterocycles. The fraction of sp³-hybridized carbons (Fsp3) is 0.615. The van der Waals surface area contributed by atoms with Crippen molar-refractivity contribution in [3.8, 4) is 0 Å². The summed E-state index contributed by atoms with van der Waals surface area (Å²) in [5.41, 5.74) is 0. The van der Waals surface area contributed by atoms with Gasteiger partial charge in [0.15, 0.2) is 0 Å². The number of rotatable bonds is 5.